The number of aromatic hydroxyl groups is 2. The minimum Gasteiger partial charge on any atom is -0.507 e. The molecule has 0 aliphatic heterocycles. The number of phenolic OH excluding ortho intramolecular Hbond substituents is 2. The first-order chi connectivity index (χ1) is 9.97. The Labute approximate surface area is 120 Å². The van der Waals surface area contributed by atoms with Gasteiger partial charge in [0.1, 0.15) is 5.75 Å². The zero-order valence-corrected chi connectivity index (χ0v) is 11.4. The Morgan fingerprint density at radius 1 is 1.00 bits per heavy atom. The van der Waals surface area contributed by atoms with Crippen molar-refractivity contribution in [1.29, 1.82) is 0 Å². The van der Waals surface area contributed by atoms with Gasteiger partial charge in [-0.15, -0.1) is 0 Å². The number of phenols is 2. The van der Waals surface area contributed by atoms with Crippen molar-refractivity contribution in [2.24, 2.45) is 0 Å². The number of hydrogen-bond acceptors (Lipinski definition) is 5. The standard InChI is InChI=1S/C16H12O5/c1-7-6-10(21-2)15(19)13-11(7)16(20)12-8(14(13)18)4-3-5-9(12)17/h3-6,17,19H,1-2H3. The second kappa shape index (κ2) is 4.34. The fraction of sp³-hybridized carbons (Fsp3) is 0.125. The quantitative estimate of drug-likeness (QED) is 0.715. The molecular formula is C16H12O5. The molecule has 0 unspecified atom stereocenters. The number of rotatable bonds is 1. The average Bonchev–Trinajstić information content (AvgIpc) is 2.46. The third-order valence-corrected chi connectivity index (χ3v) is 3.65. The summed E-state index contributed by atoms with van der Waals surface area (Å²) in [5.74, 6) is -1.45. The molecule has 2 aromatic carbocycles. The van der Waals surface area contributed by atoms with Gasteiger partial charge in [-0.05, 0) is 24.6 Å². The Morgan fingerprint density at radius 3 is 2.38 bits per heavy atom. The van der Waals surface area contributed by atoms with Crippen molar-refractivity contribution >= 4 is 11.6 Å². The SMILES string of the molecule is COc1cc(C)c2c(c1O)C(=O)c1cccc(O)c1C2=O. The molecule has 1 aliphatic carbocycles. The third-order valence-electron chi connectivity index (χ3n) is 3.65. The fourth-order valence-electron chi connectivity index (χ4n) is 2.67. The van der Waals surface area contributed by atoms with Crippen LogP contribution in [0.25, 0.3) is 0 Å². The van der Waals surface area contributed by atoms with Crippen LogP contribution in [0, 0.1) is 6.92 Å². The highest BCUT2D eigenvalue weighted by atomic mass is 16.5. The smallest absolute Gasteiger partial charge is 0.198 e. The van der Waals surface area contributed by atoms with Gasteiger partial charge >= 0.3 is 0 Å². The molecule has 5 nitrogen and oxygen atoms in total. The first-order valence-electron chi connectivity index (χ1n) is 6.29. The summed E-state index contributed by atoms with van der Waals surface area (Å²) in [5.41, 5.74) is 0.590. The molecule has 0 saturated heterocycles. The van der Waals surface area contributed by atoms with Gasteiger partial charge in [-0.1, -0.05) is 12.1 Å². The number of fused-ring (bicyclic) bond motifs is 2. The Balaban J connectivity index is 2.41. The minimum atomic E-state index is -0.505. The van der Waals surface area contributed by atoms with Crippen molar-refractivity contribution in [2.45, 2.75) is 6.92 Å². The van der Waals surface area contributed by atoms with Crippen LogP contribution in [0.5, 0.6) is 17.2 Å². The fourth-order valence-corrected chi connectivity index (χ4v) is 2.67. The van der Waals surface area contributed by atoms with Crippen LogP contribution >= 0.6 is 0 Å². The first kappa shape index (κ1) is 13.2. The molecule has 0 radical (unpaired) electrons. The highest BCUT2D eigenvalue weighted by molar-refractivity contribution is 6.30. The van der Waals surface area contributed by atoms with Crippen LogP contribution in [0.2, 0.25) is 0 Å². The summed E-state index contributed by atoms with van der Waals surface area (Å²) in [5, 5.41) is 20.1. The van der Waals surface area contributed by atoms with E-state index in [0.717, 1.165) is 0 Å². The van der Waals surface area contributed by atoms with Gasteiger partial charge in [0, 0.05) is 11.1 Å². The van der Waals surface area contributed by atoms with Gasteiger partial charge in [0.15, 0.2) is 23.1 Å². The van der Waals surface area contributed by atoms with E-state index < -0.39 is 11.6 Å². The van der Waals surface area contributed by atoms with Gasteiger partial charge in [-0.2, -0.15) is 0 Å². The molecule has 0 spiro atoms. The lowest BCUT2D eigenvalue weighted by molar-refractivity contribution is 0.0973. The predicted molar refractivity (Wildman–Crippen MR) is 74.4 cm³/mol. The summed E-state index contributed by atoms with van der Waals surface area (Å²) >= 11 is 0. The van der Waals surface area contributed by atoms with E-state index >= 15 is 0 Å². The van der Waals surface area contributed by atoms with E-state index in [9.17, 15) is 19.8 Å². The lowest BCUT2D eigenvalue weighted by Crippen LogP contribution is -2.22. The molecule has 2 N–H and O–H groups in total. The van der Waals surface area contributed by atoms with Crippen molar-refractivity contribution in [3.63, 3.8) is 0 Å². The number of carbonyl (C=O) groups is 2. The highest BCUT2D eigenvalue weighted by Crippen LogP contribution is 2.42. The molecule has 0 bridgehead atoms. The average molecular weight is 284 g/mol. The molecule has 0 atom stereocenters. The largest absolute Gasteiger partial charge is 0.507 e. The summed E-state index contributed by atoms with van der Waals surface area (Å²) in [6.07, 6.45) is 0. The van der Waals surface area contributed by atoms with Crippen molar-refractivity contribution < 1.29 is 24.5 Å². The van der Waals surface area contributed by atoms with Crippen LogP contribution in [-0.4, -0.2) is 28.9 Å². The Hall–Kier alpha value is -2.82. The predicted octanol–water partition coefficient (Wildman–Crippen LogP) is 2.19. The second-order valence-corrected chi connectivity index (χ2v) is 4.85. The van der Waals surface area contributed by atoms with Crippen molar-refractivity contribution in [2.75, 3.05) is 7.11 Å². The van der Waals surface area contributed by atoms with Crippen LogP contribution < -0.4 is 4.74 Å². The van der Waals surface area contributed by atoms with E-state index in [2.05, 4.69) is 0 Å². The number of methoxy groups -OCH3 is 1. The van der Waals surface area contributed by atoms with Crippen molar-refractivity contribution in [3.05, 3.63) is 52.1 Å². The lowest BCUT2D eigenvalue weighted by atomic mass is 9.81. The molecule has 106 valence electrons. The lowest BCUT2D eigenvalue weighted by Gasteiger charge is -2.21. The van der Waals surface area contributed by atoms with E-state index in [0.29, 0.717) is 5.56 Å². The first-order valence-corrected chi connectivity index (χ1v) is 6.29. The molecule has 3 rings (SSSR count). The van der Waals surface area contributed by atoms with E-state index in [1.807, 2.05) is 0 Å². The van der Waals surface area contributed by atoms with Crippen molar-refractivity contribution in [1.82, 2.24) is 0 Å². The molecule has 0 fully saturated rings. The molecule has 5 heteroatoms. The van der Waals surface area contributed by atoms with E-state index in [-0.39, 0.29) is 39.5 Å². The summed E-state index contributed by atoms with van der Waals surface area (Å²) in [6, 6.07) is 5.78. The van der Waals surface area contributed by atoms with Crippen molar-refractivity contribution in [3.8, 4) is 17.2 Å². The Bertz CT molecular complexity index is 805. The zero-order valence-electron chi connectivity index (χ0n) is 11.4. The third kappa shape index (κ3) is 1.64. The van der Waals surface area contributed by atoms with E-state index in [4.69, 9.17) is 4.74 Å². The number of aryl methyl sites for hydroxylation is 1. The molecule has 0 heterocycles. The maximum absolute atomic E-state index is 12.6. The number of ether oxygens (including phenoxy) is 1. The summed E-state index contributed by atoms with van der Waals surface area (Å²) in [6.45, 7) is 1.65. The monoisotopic (exact) mass is 284 g/mol. The van der Waals surface area contributed by atoms with Crippen LogP contribution in [0.4, 0.5) is 0 Å². The summed E-state index contributed by atoms with van der Waals surface area (Å²) in [7, 11) is 1.37. The molecule has 0 saturated carbocycles. The van der Waals surface area contributed by atoms with Gasteiger partial charge in [-0.3, -0.25) is 9.59 Å². The Kier molecular flexibility index (Phi) is 2.73. The molecule has 0 aromatic heterocycles. The molecular weight excluding hydrogens is 272 g/mol. The number of benzene rings is 2. The van der Waals surface area contributed by atoms with Gasteiger partial charge in [0.05, 0.1) is 18.2 Å². The second-order valence-electron chi connectivity index (χ2n) is 4.85. The van der Waals surface area contributed by atoms with Gasteiger partial charge in [0.2, 0.25) is 0 Å². The molecule has 2 aromatic rings. The number of ketones is 2. The Morgan fingerprint density at radius 2 is 1.71 bits per heavy atom. The minimum absolute atomic E-state index is 0.0253. The number of carbonyl (C=O) groups excluding carboxylic acids is 2. The zero-order chi connectivity index (χ0) is 15.3. The summed E-state index contributed by atoms with van der Waals surface area (Å²) in [4.78, 5) is 25.2. The van der Waals surface area contributed by atoms with E-state index in [1.54, 1.807) is 6.92 Å². The topological polar surface area (TPSA) is 83.8 Å². The highest BCUT2D eigenvalue weighted by Gasteiger charge is 2.36. The number of hydrogen-bond donors (Lipinski definition) is 2. The maximum Gasteiger partial charge on any atom is 0.198 e. The van der Waals surface area contributed by atoms with Gasteiger partial charge in [0.25, 0.3) is 0 Å². The van der Waals surface area contributed by atoms with Gasteiger partial charge in [-0.25, -0.2) is 0 Å². The molecule has 0 amide bonds. The molecule has 21 heavy (non-hydrogen) atoms. The molecule has 1 aliphatic rings. The normalized spacial score (nSPS) is 12.9. The van der Waals surface area contributed by atoms with Gasteiger partial charge < -0.3 is 14.9 Å². The van der Waals surface area contributed by atoms with Crippen LogP contribution in [-0.2, 0) is 0 Å². The maximum atomic E-state index is 12.6. The van der Waals surface area contributed by atoms with Crippen LogP contribution in [0.15, 0.2) is 24.3 Å². The summed E-state index contributed by atoms with van der Waals surface area (Å²) < 4.78 is 5.02. The van der Waals surface area contributed by atoms with E-state index in [1.165, 1.54) is 31.4 Å². The van der Waals surface area contributed by atoms with Crippen LogP contribution in [0.3, 0.4) is 0 Å². The van der Waals surface area contributed by atoms with Crippen LogP contribution in [0.1, 0.15) is 37.4 Å².